The van der Waals surface area contributed by atoms with Crippen molar-refractivity contribution in [1.29, 1.82) is 0 Å². The maximum atomic E-state index is 10.2. The molecule has 1 unspecified atom stereocenters. The summed E-state index contributed by atoms with van der Waals surface area (Å²) in [5.74, 6) is 0. The van der Waals surface area contributed by atoms with E-state index in [-0.39, 0.29) is 0 Å². The van der Waals surface area contributed by atoms with Gasteiger partial charge in [-0.15, -0.1) is 0 Å². The van der Waals surface area contributed by atoms with Gasteiger partial charge in [-0.1, -0.05) is 23.7 Å². The Bertz CT molecular complexity index is 481. The molecule has 84 valence electrons. The van der Waals surface area contributed by atoms with Crippen molar-refractivity contribution < 1.29 is 5.11 Å². The number of aliphatic hydroxyl groups excluding tert-OH is 1. The summed E-state index contributed by atoms with van der Waals surface area (Å²) in [6.45, 7) is 2.72. The van der Waals surface area contributed by atoms with Crippen LogP contribution in [0.4, 0.5) is 0 Å². The quantitative estimate of drug-likeness (QED) is 0.890. The van der Waals surface area contributed by atoms with Crippen LogP contribution in [0.2, 0.25) is 5.02 Å². The van der Waals surface area contributed by atoms with Crippen molar-refractivity contribution in [2.45, 2.75) is 19.6 Å². The number of hydrogen-bond acceptors (Lipinski definition) is 2. The minimum absolute atomic E-state index is 0.624. The summed E-state index contributed by atoms with van der Waals surface area (Å²) in [7, 11) is 0. The van der Waals surface area contributed by atoms with Crippen molar-refractivity contribution in [3.05, 3.63) is 52.8 Å². The first-order valence-electron chi connectivity index (χ1n) is 5.17. The maximum Gasteiger partial charge on any atom is 0.121 e. The fourth-order valence-corrected chi connectivity index (χ4v) is 1.89. The number of hydrogen-bond donors (Lipinski definition) is 1. The van der Waals surface area contributed by atoms with Crippen molar-refractivity contribution in [2.24, 2.45) is 0 Å². The van der Waals surface area contributed by atoms with Crippen LogP contribution in [0.15, 0.2) is 36.5 Å². The molecule has 0 aliphatic heterocycles. The standard InChI is InChI=1S/C12H13ClN2O/c1-2-15-11(6-7-14-15)12(16)9-4-3-5-10(13)8-9/h3-8,12,16H,2H2,1H3. The molecule has 1 N–H and O–H groups in total. The average molecular weight is 237 g/mol. The summed E-state index contributed by atoms with van der Waals surface area (Å²) < 4.78 is 1.77. The number of nitrogens with zero attached hydrogens (tertiary/aromatic N) is 2. The molecule has 0 amide bonds. The summed E-state index contributed by atoms with van der Waals surface area (Å²) in [5.41, 5.74) is 1.56. The molecule has 0 fully saturated rings. The van der Waals surface area contributed by atoms with Crippen LogP contribution in [0.1, 0.15) is 24.3 Å². The van der Waals surface area contributed by atoms with Crippen LogP contribution in [-0.2, 0) is 6.54 Å². The van der Waals surface area contributed by atoms with Gasteiger partial charge in [-0.2, -0.15) is 5.10 Å². The molecule has 2 aromatic rings. The molecule has 0 saturated carbocycles. The first kappa shape index (κ1) is 11.2. The van der Waals surface area contributed by atoms with E-state index in [9.17, 15) is 5.11 Å². The minimum Gasteiger partial charge on any atom is -0.382 e. The normalized spacial score (nSPS) is 12.7. The summed E-state index contributed by atoms with van der Waals surface area (Å²) in [6.07, 6.45) is 1.01. The first-order chi connectivity index (χ1) is 7.72. The van der Waals surface area contributed by atoms with Crippen LogP contribution >= 0.6 is 11.6 Å². The van der Waals surface area contributed by atoms with Gasteiger partial charge < -0.3 is 5.11 Å². The van der Waals surface area contributed by atoms with E-state index in [2.05, 4.69) is 5.10 Å². The molecular weight excluding hydrogens is 224 g/mol. The summed E-state index contributed by atoms with van der Waals surface area (Å²) in [6, 6.07) is 9.04. The SMILES string of the molecule is CCn1nccc1C(O)c1cccc(Cl)c1. The Labute approximate surface area is 99.3 Å². The molecule has 2 rings (SSSR count). The van der Waals surface area contributed by atoms with E-state index in [1.54, 1.807) is 23.0 Å². The van der Waals surface area contributed by atoms with Crippen molar-refractivity contribution in [2.75, 3.05) is 0 Å². The van der Waals surface area contributed by atoms with Gasteiger partial charge in [-0.3, -0.25) is 4.68 Å². The molecule has 16 heavy (non-hydrogen) atoms. The highest BCUT2D eigenvalue weighted by Gasteiger charge is 2.14. The van der Waals surface area contributed by atoms with Gasteiger partial charge in [0.25, 0.3) is 0 Å². The molecule has 0 saturated heterocycles. The van der Waals surface area contributed by atoms with Gasteiger partial charge >= 0.3 is 0 Å². The second kappa shape index (κ2) is 4.68. The molecule has 1 aromatic carbocycles. The zero-order valence-corrected chi connectivity index (χ0v) is 9.72. The van der Waals surface area contributed by atoms with Crippen molar-refractivity contribution in [3.8, 4) is 0 Å². The van der Waals surface area contributed by atoms with Crippen molar-refractivity contribution in [3.63, 3.8) is 0 Å². The van der Waals surface area contributed by atoms with Crippen LogP contribution < -0.4 is 0 Å². The van der Waals surface area contributed by atoms with Crippen LogP contribution in [0.5, 0.6) is 0 Å². The topological polar surface area (TPSA) is 38.0 Å². The molecule has 0 aliphatic rings. The molecule has 4 heteroatoms. The van der Waals surface area contributed by atoms with E-state index in [0.717, 1.165) is 17.8 Å². The maximum absolute atomic E-state index is 10.2. The lowest BCUT2D eigenvalue weighted by Gasteiger charge is -2.12. The van der Waals surface area contributed by atoms with Crippen molar-refractivity contribution in [1.82, 2.24) is 9.78 Å². The summed E-state index contributed by atoms with van der Waals surface area (Å²) >= 11 is 5.89. The van der Waals surface area contributed by atoms with E-state index in [0.29, 0.717) is 5.02 Å². The lowest BCUT2D eigenvalue weighted by molar-refractivity contribution is 0.208. The van der Waals surface area contributed by atoms with Gasteiger partial charge in [0.15, 0.2) is 0 Å². The second-order valence-electron chi connectivity index (χ2n) is 3.53. The zero-order chi connectivity index (χ0) is 11.5. The Kier molecular flexibility index (Phi) is 3.27. The molecule has 1 heterocycles. The number of aliphatic hydroxyl groups is 1. The zero-order valence-electron chi connectivity index (χ0n) is 8.97. The van der Waals surface area contributed by atoms with E-state index in [1.165, 1.54) is 0 Å². The van der Waals surface area contributed by atoms with Gasteiger partial charge in [0.1, 0.15) is 6.10 Å². The molecular formula is C12H13ClN2O. The second-order valence-corrected chi connectivity index (χ2v) is 3.97. The lowest BCUT2D eigenvalue weighted by atomic mass is 10.1. The fraction of sp³-hybridized carbons (Fsp3) is 0.250. The van der Waals surface area contributed by atoms with Crippen LogP contribution in [0.25, 0.3) is 0 Å². The highest BCUT2D eigenvalue weighted by molar-refractivity contribution is 6.30. The fourth-order valence-electron chi connectivity index (χ4n) is 1.69. The van der Waals surface area contributed by atoms with Gasteiger partial charge in [0.05, 0.1) is 5.69 Å². The number of aromatic nitrogens is 2. The molecule has 0 spiro atoms. The van der Waals surface area contributed by atoms with Gasteiger partial charge in [-0.05, 0) is 30.7 Å². The largest absolute Gasteiger partial charge is 0.382 e. The number of benzene rings is 1. The Morgan fingerprint density at radius 3 is 2.94 bits per heavy atom. The Morgan fingerprint density at radius 2 is 2.25 bits per heavy atom. The summed E-state index contributed by atoms with van der Waals surface area (Å²) in [5, 5.41) is 14.9. The van der Waals surface area contributed by atoms with Gasteiger partial charge in [-0.25, -0.2) is 0 Å². The third-order valence-electron chi connectivity index (χ3n) is 2.49. The van der Waals surface area contributed by atoms with Gasteiger partial charge in [0.2, 0.25) is 0 Å². The molecule has 0 radical (unpaired) electrons. The monoisotopic (exact) mass is 236 g/mol. The third-order valence-corrected chi connectivity index (χ3v) is 2.73. The Hall–Kier alpha value is -1.32. The highest BCUT2D eigenvalue weighted by Crippen LogP contribution is 2.23. The number of rotatable bonds is 3. The summed E-state index contributed by atoms with van der Waals surface area (Å²) in [4.78, 5) is 0. The van der Waals surface area contributed by atoms with Crippen LogP contribution in [-0.4, -0.2) is 14.9 Å². The minimum atomic E-state index is -0.679. The van der Waals surface area contributed by atoms with E-state index < -0.39 is 6.10 Å². The number of halogens is 1. The molecule has 0 aliphatic carbocycles. The first-order valence-corrected chi connectivity index (χ1v) is 5.55. The smallest absolute Gasteiger partial charge is 0.121 e. The van der Waals surface area contributed by atoms with E-state index in [1.807, 2.05) is 25.1 Å². The van der Waals surface area contributed by atoms with Gasteiger partial charge in [0, 0.05) is 17.8 Å². The highest BCUT2D eigenvalue weighted by atomic mass is 35.5. The predicted octanol–water partition coefficient (Wildman–Crippen LogP) is 2.64. The van der Waals surface area contributed by atoms with E-state index >= 15 is 0 Å². The average Bonchev–Trinajstić information content (AvgIpc) is 2.76. The van der Waals surface area contributed by atoms with Crippen LogP contribution in [0, 0.1) is 0 Å². The lowest BCUT2D eigenvalue weighted by Crippen LogP contribution is -2.08. The van der Waals surface area contributed by atoms with E-state index in [4.69, 9.17) is 11.6 Å². The molecule has 1 atom stereocenters. The Balaban J connectivity index is 2.35. The number of aryl methyl sites for hydroxylation is 1. The predicted molar refractivity (Wildman–Crippen MR) is 63.4 cm³/mol. The molecule has 0 bridgehead atoms. The Morgan fingerprint density at radius 1 is 1.44 bits per heavy atom. The van der Waals surface area contributed by atoms with Crippen molar-refractivity contribution >= 4 is 11.6 Å². The third kappa shape index (κ3) is 2.10. The molecule has 3 nitrogen and oxygen atoms in total. The van der Waals surface area contributed by atoms with Crippen LogP contribution in [0.3, 0.4) is 0 Å². The molecule has 1 aromatic heterocycles.